The van der Waals surface area contributed by atoms with Gasteiger partial charge in [-0.2, -0.15) is 5.10 Å². The van der Waals surface area contributed by atoms with Crippen molar-refractivity contribution in [3.05, 3.63) is 76.8 Å². The molecular formula is C21H20FN3O2S. The van der Waals surface area contributed by atoms with Crippen LogP contribution in [0.1, 0.15) is 13.8 Å². The fourth-order valence-corrected chi connectivity index (χ4v) is 3.26. The molecule has 0 aliphatic rings. The molecule has 0 aliphatic carbocycles. The molecule has 0 unspecified atom stereocenters. The minimum atomic E-state index is -1.24. The van der Waals surface area contributed by atoms with E-state index in [-0.39, 0.29) is 11.7 Å². The molecule has 0 saturated carbocycles. The van der Waals surface area contributed by atoms with E-state index in [9.17, 15) is 14.0 Å². The van der Waals surface area contributed by atoms with E-state index in [0.29, 0.717) is 16.9 Å². The number of amides is 1. The smallest absolute Gasteiger partial charge is 0.267 e. The van der Waals surface area contributed by atoms with Gasteiger partial charge in [-0.1, -0.05) is 12.1 Å². The molecule has 0 fully saturated rings. The second-order valence-corrected chi connectivity index (χ2v) is 7.54. The first-order chi connectivity index (χ1) is 13.3. The lowest BCUT2D eigenvalue weighted by Gasteiger charge is -2.26. The van der Waals surface area contributed by atoms with Gasteiger partial charge in [0.2, 0.25) is 0 Å². The van der Waals surface area contributed by atoms with Gasteiger partial charge in [-0.05, 0) is 62.6 Å². The molecule has 3 aromatic rings. The van der Waals surface area contributed by atoms with Crippen molar-refractivity contribution in [3.8, 4) is 11.3 Å². The van der Waals surface area contributed by atoms with E-state index in [2.05, 4.69) is 10.4 Å². The summed E-state index contributed by atoms with van der Waals surface area (Å²) in [6.07, 6.45) is 1.92. The zero-order chi connectivity index (χ0) is 20.3. The number of carbonyl (C=O) groups is 1. The van der Waals surface area contributed by atoms with E-state index in [0.717, 1.165) is 9.58 Å². The number of anilines is 1. The predicted octanol–water partition coefficient (Wildman–Crippen LogP) is 4.15. The molecule has 0 spiro atoms. The third-order valence-electron chi connectivity index (χ3n) is 4.38. The molecule has 3 rings (SSSR count). The Labute approximate surface area is 166 Å². The molecule has 1 aromatic heterocycles. The second kappa shape index (κ2) is 7.98. The van der Waals surface area contributed by atoms with Crippen molar-refractivity contribution in [3.63, 3.8) is 0 Å². The molecule has 28 heavy (non-hydrogen) atoms. The monoisotopic (exact) mass is 397 g/mol. The number of para-hydroxylation sites is 1. The number of hydrogen-bond donors (Lipinski definition) is 1. The van der Waals surface area contributed by atoms with E-state index in [1.165, 1.54) is 30.0 Å². The summed E-state index contributed by atoms with van der Waals surface area (Å²) in [5.74, 6) is -0.718. The van der Waals surface area contributed by atoms with Gasteiger partial charge < -0.3 is 5.32 Å². The Morgan fingerprint density at radius 2 is 1.75 bits per heavy atom. The van der Waals surface area contributed by atoms with Crippen LogP contribution in [0.3, 0.4) is 0 Å². The molecule has 5 nitrogen and oxygen atoms in total. The van der Waals surface area contributed by atoms with E-state index >= 15 is 0 Å². The highest BCUT2D eigenvalue weighted by Gasteiger charge is 2.32. The average molecular weight is 397 g/mol. The van der Waals surface area contributed by atoms with Gasteiger partial charge >= 0.3 is 0 Å². The van der Waals surface area contributed by atoms with E-state index in [1.807, 2.05) is 30.5 Å². The molecule has 144 valence electrons. The van der Waals surface area contributed by atoms with Crippen LogP contribution in [0, 0.1) is 5.82 Å². The largest absolute Gasteiger partial charge is 0.323 e. The minimum absolute atomic E-state index is 0.357. The molecule has 7 heteroatoms. The van der Waals surface area contributed by atoms with Crippen molar-refractivity contribution < 1.29 is 9.18 Å². The third-order valence-corrected chi connectivity index (χ3v) is 5.18. The third kappa shape index (κ3) is 3.99. The highest BCUT2D eigenvalue weighted by molar-refractivity contribution is 7.98. The average Bonchev–Trinajstić information content (AvgIpc) is 2.69. The van der Waals surface area contributed by atoms with Crippen LogP contribution in [0.4, 0.5) is 10.1 Å². The number of hydrogen-bond acceptors (Lipinski definition) is 4. The quantitative estimate of drug-likeness (QED) is 0.657. The Bertz CT molecular complexity index is 1060. The van der Waals surface area contributed by atoms with Crippen LogP contribution in [-0.4, -0.2) is 21.9 Å². The van der Waals surface area contributed by atoms with Gasteiger partial charge in [-0.15, -0.1) is 11.8 Å². The lowest BCUT2D eigenvalue weighted by molar-refractivity contribution is -0.123. The summed E-state index contributed by atoms with van der Waals surface area (Å²) < 4.78 is 14.3. The summed E-state index contributed by atoms with van der Waals surface area (Å²) in [5.41, 5.74) is 0.169. The molecule has 0 saturated heterocycles. The molecule has 1 amide bonds. The number of aromatic nitrogens is 2. The Morgan fingerprint density at radius 3 is 2.43 bits per heavy atom. The maximum absolute atomic E-state index is 13.2. The predicted molar refractivity (Wildman–Crippen MR) is 110 cm³/mol. The SMILES string of the molecule is CSc1ccccc1NC(=O)C(C)(C)n1nc(-c2ccc(F)cc2)ccc1=O. The van der Waals surface area contributed by atoms with Crippen molar-refractivity contribution in [2.75, 3.05) is 11.6 Å². The summed E-state index contributed by atoms with van der Waals surface area (Å²) in [5, 5.41) is 7.25. The number of nitrogens with one attached hydrogen (secondary N) is 1. The van der Waals surface area contributed by atoms with Crippen LogP contribution in [0.2, 0.25) is 0 Å². The van der Waals surface area contributed by atoms with Gasteiger partial charge in [0.15, 0.2) is 0 Å². The van der Waals surface area contributed by atoms with Gasteiger partial charge in [-0.25, -0.2) is 9.07 Å². The van der Waals surface area contributed by atoms with Gasteiger partial charge in [0.05, 0.1) is 11.4 Å². The number of halogens is 1. The summed E-state index contributed by atoms with van der Waals surface area (Å²) in [4.78, 5) is 26.3. The first-order valence-corrected chi connectivity index (χ1v) is 9.86. The van der Waals surface area contributed by atoms with Crippen LogP contribution < -0.4 is 10.9 Å². The van der Waals surface area contributed by atoms with Crippen molar-refractivity contribution >= 4 is 23.4 Å². The Kier molecular flexibility index (Phi) is 5.65. The standard InChI is InChI=1S/C21H20FN3O2S/c1-21(2,20(27)23-17-6-4-5-7-18(17)28-3)25-19(26)13-12-16(24-25)14-8-10-15(22)11-9-14/h4-13H,1-3H3,(H,23,27). The highest BCUT2D eigenvalue weighted by atomic mass is 32.2. The van der Waals surface area contributed by atoms with Crippen molar-refractivity contribution in [1.29, 1.82) is 0 Å². The lowest BCUT2D eigenvalue weighted by atomic mass is 10.0. The van der Waals surface area contributed by atoms with E-state index in [4.69, 9.17) is 0 Å². The topological polar surface area (TPSA) is 64.0 Å². The van der Waals surface area contributed by atoms with E-state index in [1.54, 1.807) is 32.0 Å². The molecular weight excluding hydrogens is 377 g/mol. The zero-order valence-corrected chi connectivity index (χ0v) is 16.6. The number of thioether (sulfide) groups is 1. The second-order valence-electron chi connectivity index (χ2n) is 6.69. The fourth-order valence-electron chi connectivity index (χ4n) is 2.71. The molecule has 1 heterocycles. The molecule has 0 bridgehead atoms. The van der Waals surface area contributed by atoms with Gasteiger partial charge in [-0.3, -0.25) is 9.59 Å². The molecule has 1 N–H and O–H groups in total. The molecule has 2 aromatic carbocycles. The van der Waals surface area contributed by atoms with E-state index < -0.39 is 11.1 Å². The Morgan fingerprint density at radius 1 is 1.07 bits per heavy atom. The molecule has 0 aliphatic heterocycles. The molecule has 0 atom stereocenters. The van der Waals surface area contributed by atoms with Crippen LogP contribution in [0.15, 0.2) is 70.4 Å². The van der Waals surface area contributed by atoms with Crippen LogP contribution in [0.25, 0.3) is 11.3 Å². The van der Waals surface area contributed by atoms with Crippen LogP contribution in [0.5, 0.6) is 0 Å². The van der Waals surface area contributed by atoms with Gasteiger partial charge in [0, 0.05) is 16.5 Å². The summed E-state index contributed by atoms with van der Waals surface area (Å²) in [6, 6.07) is 16.2. The number of benzene rings is 2. The van der Waals surface area contributed by atoms with Gasteiger partial charge in [0.25, 0.3) is 11.5 Å². The van der Waals surface area contributed by atoms with Gasteiger partial charge in [0.1, 0.15) is 11.4 Å². The molecule has 0 radical (unpaired) electrons. The Balaban J connectivity index is 1.96. The highest BCUT2D eigenvalue weighted by Crippen LogP contribution is 2.26. The summed E-state index contributed by atoms with van der Waals surface area (Å²) in [7, 11) is 0. The maximum atomic E-state index is 13.2. The zero-order valence-electron chi connectivity index (χ0n) is 15.8. The maximum Gasteiger partial charge on any atom is 0.267 e. The first-order valence-electron chi connectivity index (χ1n) is 8.64. The van der Waals surface area contributed by atoms with Crippen LogP contribution in [-0.2, 0) is 10.3 Å². The Hall–Kier alpha value is -2.93. The van der Waals surface area contributed by atoms with Crippen molar-refractivity contribution in [2.45, 2.75) is 24.3 Å². The summed E-state index contributed by atoms with van der Waals surface area (Å²) >= 11 is 1.52. The lowest BCUT2D eigenvalue weighted by Crippen LogP contribution is -2.47. The van der Waals surface area contributed by atoms with Crippen LogP contribution >= 0.6 is 11.8 Å². The van der Waals surface area contributed by atoms with Crippen molar-refractivity contribution in [1.82, 2.24) is 9.78 Å². The number of rotatable bonds is 5. The normalized spacial score (nSPS) is 11.3. The number of nitrogens with zero attached hydrogens (tertiary/aromatic N) is 2. The minimum Gasteiger partial charge on any atom is -0.323 e. The fraction of sp³-hybridized carbons (Fsp3) is 0.190. The first kappa shape index (κ1) is 19.8. The van der Waals surface area contributed by atoms with Crippen molar-refractivity contribution in [2.24, 2.45) is 0 Å². The summed E-state index contributed by atoms with van der Waals surface area (Å²) in [6.45, 7) is 3.26. The number of carbonyl (C=O) groups excluding carboxylic acids is 1.